The number of carbonyl (C=O) groups is 1. The Kier molecular flexibility index (Phi) is 31.2. The Morgan fingerprint density at radius 1 is 1.00 bits per heavy atom. The summed E-state index contributed by atoms with van der Waals surface area (Å²) in [7, 11) is 0. The fourth-order valence-corrected chi connectivity index (χ4v) is 0.816. The van der Waals surface area contributed by atoms with E-state index in [0.717, 1.165) is 13.0 Å². The Labute approximate surface area is 90.5 Å². The summed E-state index contributed by atoms with van der Waals surface area (Å²) < 4.78 is 0. The molecule has 0 aliphatic rings. The van der Waals surface area contributed by atoms with E-state index in [1.165, 1.54) is 19.3 Å². The number of rotatable bonds is 5. The molecule has 0 rings (SSSR count). The van der Waals surface area contributed by atoms with Crippen LogP contribution in [0.5, 0.6) is 0 Å². The lowest BCUT2D eigenvalue weighted by molar-refractivity contribution is -0.118. The zero-order valence-electron chi connectivity index (χ0n) is 10.9. The summed E-state index contributed by atoms with van der Waals surface area (Å²) in [5.41, 5.74) is 0. The predicted molar refractivity (Wildman–Crippen MR) is 65.5 cm³/mol. The molecule has 0 unspecified atom stereocenters. The molecule has 0 aliphatic carbocycles. The van der Waals surface area contributed by atoms with Crippen molar-refractivity contribution in [2.75, 3.05) is 6.54 Å². The summed E-state index contributed by atoms with van der Waals surface area (Å²) in [5, 5.41) is 2.77. The molecule has 0 aromatic carbocycles. The van der Waals surface area contributed by atoms with Gasteiger partial charge in [0.15, 0.2) is 0 Å². The topological polar surface area (TPSA) is 29.1 Å². The molecule has 0 atom stereocenters. The van der Waals surface area contributed by atoms with Gasteiger partial charge in [0.1, 0.15) is 0 Å². The van der Waals surface area contributed by atoms with E-state index in [1.54, 1.807) is 6.92 Å². The summed E-state index contributed by atoms with van der Waals surface area (Å²) in [5.74, 6) is 0.0801. The summed E-state index contributed by atoms with van der Waals surface area (Å²) in [6.45, 7) is 12.6. The van der Waals surface area contributed by atoms with Crippen LogP contribution in [-0.2, 0) is 4.79 Å². The van der Waals surface area contributed by atoms with E-state index in [2.05, 4.69) is 12.2 Å². The van der Waals surface area contributed by atoms with Crippen LogP contribution >= 0.6 is 0 Å². The van der Waals surface area contributed by atoms with Gasteiger partial charge in [-0.3, -0.25) is 4.79 Å². The Hall–Kier alpha value is -0.530. The van der Waals surface area contributed by atoms with Crippen molar-refractivity contribution in [3.05, 3.63) is 0 Å². The van der Waals surface area contributed by atoms with E-state index in [4.69, 9.17) is 0 Å². The third-order valence-corrected chi connectivity index (χ3v) is 1.40. The van der Waals surface area contributed by atoms with Crippen molar-refractivity contribution in [3.63, 3.8) is 0 Å². The van der Waals surface area contributed by atoms with Gasteiger partial charge in [-0.2, -0.15) is 0 Å². The maximum atomic E-state index is 10.4. The molecule has 88 valence electrons. The normalized spacial score (nSPS) is 7.57. The van der Waals surface area contributed by atoms with Crippen molar-refractivity contribution in [2.24, 2.45) is 0 Å². The summed E-state index contributed by atoms with van der Waals surface area (Å²) in [6.07, 6.45) is 4.88. The van der Waals surface area contributed by atoms with Crippen LogP contribution in [0.1, 0.15) is 67.2 Å². The van der Waals surface area contributed by atoms with Gasteiger partial charge in [-0.05, 0) is 6.42 Å². The Bertz CT molecular complexity index is 92.3. The van der Waals surface area contributed by atoms with Crippen LogP contribution in [-0.4, -0.2) is 12.5 Å². The molecule has 0 heterocycles. The number of carbonyl (C=O) groups excluding carboxylic acids is 1. The third-order valence-electron chi connectivity index (χ3n) is 1.40. The molecule has 0 aromatic heterocycles. The van der Waals surface area contributed by atoms with Crippen LogP contribution in [0, 0.1) is 0 Å². The first-order valence-corrected chi connectivity index (χ1v) is 6.01. The minimum absolute atomic E-state index is 0.0801. The van der Waals surface area contributed by atoms with E-state index < -0.39 is 0 Å². The number of hydrogen-bond acceptors (Lipinski definition) is 1. The van der Waals surface area contributed by atoms with Crippen molar-refractivity contribution >= 4 is 5.91 Å². The Morgan fingerprint density at radius 2 is 1.50 bits per heavy atom. The summed E-state index contributed by atoms with van der Waals surface area (Å²) in [6, 6.07) is 0. The zero-order chi connectivity index (χ0) is 11.8. The Morgan fingerprint density at radius 3 is 1.86 bits per heavy atom. The number of nitrogens with one attached hydrogen (secondary N) is 1. The summed E-state index contributed by atoms with van der Waals surface area (Å²) in [4.78, 5) is 10.4. The first-order chi connectivity index (χ1) is 6.77. The quantitative estimate of drug-likeness (QED) is 0.677. The van der Waals surface area contributed by atoms with E-state index in [9.17, 15) is 4.79 Å². The zero-order valence-corrected chi connectivity index (χ0v) is 10.9. The van der Waals surface area contributed by atoms with Crippen molar-refractivity contribution in [2.45, 2.75) is 67.2 Å². The van der Waals surface area contributed by atoms with Gasteiger partial charge in [-0.15, -0.1) is 0 Å². The van der Waals surface area contributed by atoms with Gasteiger partial charge in [0.05, 0.1) is 0 Å². The van der Waals surface area contributed by atoms with Crippen molar-refractivity contribution in [1.82, 2.24) is 5.32 Å². The second kappa shape index (κ2) is 22.9. The lowest BCUT2D eigenvalue weighted by Crippen LogP contribution is -2.20. The SMILES string of the molecule is CC.CC.CCCCCCNC(C)=O. The maximum absolute atomic E-state index is 10.4. The molecule has 0 saturated carbocycles. The lowest BCUT2D eigenvalue weighted by Gasteiger charge is -1.99. The van der Waals surface area contributed by atoms with Gasteiger partial charge in [-0.1, -0.05) is 53.9 Å². The molecule has 0 saturated heterocycles. The standard InChI is InChI=1S/C8H17NO.2C2H6/c1-3-4-5-6-7-9-8(2)10;2*1-2/h3-7H2,1-2H3,(H,9,10);2*1-2H3. The largest absolute Gasteiger partial charge is 0.356 e. The third kappa shape index (κ3) is 30.0. The van der Waals surface area contributed by atoms with Gasteiger partial charge in [0.2, 0.25) is 5.91 Å². The molecule has 0 spiro atoms. The van der Waals surface area contributed by atoms with Gasteiger partial charge in [0, 0.05) is 13.5 Å². The molecule has 2 nitrogen and oxygen atoms in total. The molecule has 0 radical (unpaired) electrons. The monoisotopic (exact) mass is 203 g/mol. The van der Waals surface area contributed by atoms with E-state index >= 15 is 0 Å². The molecule has 2 heteroatoms. The molecular weight excluding hydrogens is 174 g/mol. The predicted octanol–water partition coefficient (Wildman–Crippen LogP) is 3.76. The number of amides is 1. The van der Waals surface area contributed by atoms with Crippen LogP contribution < -0.4 is 5.32 Å². The maximum Gasteiger partial charge on any atom is 0.216 e. The molecule has 0 fully saturated rings. The molecule has 14 heavy (non-hydrogen) atoms. The first kappa shape index (κ1) is 19.1. The second-order valence-electron chi connectivity index (χ2n) is 2.54. The van der Waals surface area contributed by atoms with Gasteiger partial charge < -0.3 is 5.32 Å². The second-order valence-corrected chi connectivity index (χ2v) is 2.54. The van der Waals surface area contributed by atoms with Crippen molar-refractivity contribution in [3.8, 4) is 0 Å². The highest BCUT2D eigenvalue weighted by molar-refractivity contribution is 5.72. The minimum Gasteiger partial charge on any atom is -0.356 e. The molecule has 1 amide bonds. The van der Waals surface area contributed by atoms with Crippen LogP contribution in [0.3, 0.4) is 0 Å². The van der Waals surface area contributed by atoms with E-state index in [1.807, 2.05) is 27.7 Å². The molecule has 0 bridgehead atoms. The first-order valence-electron chi connectivity index (χ1n) is 6.01. The average Bonchev–Trinajstić information content (AvgIpc) is 2.23. The highest BCUT2D eigenvalue weighted by atomic mass is 16.1. The van der Waals surface area contributed by atoms with Crippen LogP contribution in [0.15, 0.2) is 0 Å². The van der Waals surface area contributed by atoms with Gasteiger partial charge >= 0.3 is 0 Å². The smallest absolute Gasteiger partial charge is 0.216 e. The number of unbranched alkanes of at least 4 members (excludes halogenated alkanes) is 3. The van der Waals surface area contributed by atoms with Gasteiger partial charge in [-0.25, -0.2) is 0 Å². The minimum atomic E-state index is 0.0801. The number of hydrogen-bond donors (Lipinski definition) is 1. The average molecular weight is 203 g/mol. The highest BCUT2D eigenvalue weighted by Crippen LogP contribution is 1.96. The molecule has 0 aromatic rings. The fraction of sp³-hybridized carbons (Fsp3) is 0.917. The molecule has 0 aliphatic heterocycles. The lowest BCUT2D eigenvalue weighted by atomic mass is 10.2. The summed E-state index contributed by atoms with van der Waals surface area (Å²) >= 11 is 0. The molecule has 1 N–H and O–H groups in total. The van der Waals surface area contributed by atoms with E-state index in [-0.39, 0.29) is 5.91 Å². The van der Waals surface area contributed by atoms with Crippen LogP contribution in [0.25, 0.3) is 0 Å². The highest BCUT2D eigenvalue weighted by Gasteiger charge is 1.89. The fourth-order valence-electron chi connectivity index (χ4n) is 0.816. The van der Waals surface area contributed by atoms with Gasteiger partial charge in [0.25, 0.3) is 0 Å². The Balaban J connectivity index is -0.000000266. The van der Waals surface area contributed by atoms with Crippen molar-refractivity contribution < 1.29 is 4.79 Å². The van der Waals surface area contributed by atoms with E-state index in [0.29, 0.717) is 0 Å². The van der Waals surface area contributed by atoms with Crippen LogP contribution in [0.4, 0.5) is 0 Å². The van der Waals surface area contributed by atoms with Crippen LogP contribution in [0.2, 0.25) is 0 Å². The van der Waals surface area contributed by atoms with Crippen molar-refractivity contribution in [1.29, 1.82) is 0 Å². The molecular formula is C12H29NO.